The van der Waals surface area contributed by atoms with Crippen molar-refractivity contribution in [3.05, 3.63) is 29.3 Å². The minimum atomic E-state index is -0.684. The summed E-state index contributed by atoms with van der Waals surface area (Å²) in [5, 5.41) is 14.6. The molecule has 2 unspecified atom stereocenters. The van der Waals surface area contributed by atoms with Gasteiger partial charge in [-0.05, 0) is 35.8 Å². The van der Waals surface area contributed by atoms with Gasteiger partial charge < -0.3 is 15.7 Å². The van der Waals surface area contributed by atoms with E-state index >= 15 is 0 Å². The number of aliphatic hydroxyl groups excluding tert-OH is 1. The van der Waals surface area contributed by atoms with Gasteiger partial charge in [-0.15, -0.1) is 0 Å². The van der Waals surface area contributed by atoms with Crippen LogP contribution < -0.4 is 10.6 Å². The lowest BCUT2D eigenvalue weighted by molar-refractivity contribution is -0.136. The van der Waals surface area contributed by atoms with E-state index in [2.05, 4.69) is 38.3 Å². The predicted molar refractivity (Wildman–Crippen MR) is 97.1 cm³/mol. The Morgan fingerprint density at radius 2 is 1.46 bits per heavy atom. The minimum absolute atomic E-state index is 0.0449. The number of hydrogen-bond acceptors (Lipinski definition) is 3. The molecule has 5 heteroatoms. The van der Waals surface area contributed by atoms with E-state index in [4.69, 9.17) is 5.11 Å². The van der Waals surface area contributed by atoms with E-state index in [1.54, 1.807) is 6.92 Å². The van der Waals surface area contributed by atoms with Crippen molar-refractivity contribution < 1.29 is 14.7 Å². The summed E-state index contributed by atoms with van der Waals surface area (Å²) in [6.45, 7) is 11.8. The fraction of sp³-hybridized carbons (Fsp3) is 0.579. The number of carbonyl (C=O) groups is 2. The van der Waals surface area contributed by atoms with E-state index in [1.165, 1.54) is 0 Å². The molecule has 0 radical (unpaired) electrons. The van der Waals surface area contributed by atoms with Crippen molar-refractivity contribution in [3.8, 4) is 0 Å². The van der Waals surface area contributed by atoms with Gasteiger partial charge in [0.05, 0.1) is 0 Å². The van der Waals surface area contributed by atoms with E-state index in [1.807, 2.05) is 25.1 Å². The number of benzene rings is 1. The molecule has 0 fully saturated rings. The number of amides is 2. The Balaban J connectivity index is 2.99. The van der Waals surface area contributed by atoms with Gasteiger partial charge in [0.15, 0.2) is 0 Å². The Labute approximate surface area is 144 Å². The number of aliphatic hydroxyl groups is 1. The Hall–Kier alpha value is -1.88. The lowest BCUT2D eigenvalue weighted by atomic mass is 9.92. The molecule has 134 valence electrons. The third kappa shape index (κ3) is 5.06. The Morgan fingerprint density at radius 1 is 0.958 bits per heavy atom. The van der Waals surface area contributed by atoms with Gasteiger partial charge in [0, 0.05) is 18.3 Å². The second-order valence-corrected chi connectivity index (χ2v) is 7.00. The van der Waals surface area contributed by atoms with Gasteiger partial charge in [-0.2, -0.15) is 0 Å². The van der Waals surface area contributed by atoms with E-state index in [0.717, 1.165) is 16.8 Å². The summed E-state index contributed by atoms with van der Waals surface area (Å²) in [7, 11) is 0. The molecule has 24 heavy (non-hydrogen) atoms. The smallest absolute Gasteiger partial charge is 0.313 e. The molecule has 0 spiro atoms. The van der Waals surface area contributed by atoms with E-state index in [0.29, 0.717) is 0 Å². The lowest BCUT2D eigenvalue weighted by Crippen LogP contribution is -2.44. The number of carbonyl (C=O) groups excluding carboxylic acids is 2. The highest BCUT2D eigenvalue weighted by molar-refractivity contribution is 6.39. The van der Waals surface area contributed by atoms with Crippen LogP contribution in [0.4, 0.5) is 5.69 Å². The van der Waals surface area contributed by atoms with Crippen molar-refractivity contribution in [2.24, 2.45) is 5.92 Å². The molecule has 0 saturated heterocycles. The maximum Gasteiger partial charge on any atom is 0.313 e. The van der Waals surface area contributed by atoms with Crippen LogP contribution in [0.15, 0.2) is 18.2 Å². The van der Waals surface area contributed by atoms with Gasteiger partial charge in [-0.25, -0.2) is 0 Å². The van der Waals surface area contributed by atoms with Crippen LogP contribution in [0.3, 0.4) is 0 Å². The maximum atomic E-state index is 12.3. The van der Waals surface area contributed by atoms with Crippen molar-refractivity contribution in [1.82, 2.24) is 5.32 Å². The standard InChI is InChI=1S/C19H30N2O3/c1-11(2)15-8-7-9-16(12(3)4)17(15)21-19(24)18(23)20-14(6)13(5)10-22/h7-9,11-14,22H,10H2,1-6H3,(H,20,23)(H,21,24). The number of hydrogen-bond donors (Lipinski definition) is 3. The molecule has 1 rings (SSSR count). The van der Waals surface area contributed by atoms with Crippen LogP contribution >= 0.6 is 0 Å². The van der Waals surface area contributed by atoms with Gasteiger partial charge in [0.2, 0.25) is 0 Å². The zero-order valence-corrected chi connectivity index (χ0v) is 15.5. The van der Waals surface area contributed by atoms with Gasteiger partial charge >= 0.3 is 11.8 Å². The maximum absolute atomic E-state index is 12.3. The fourth-order valence-electron chi connectivity index (χ4n) is 2.44. The molecule has 0 bridgehead atoms. The topological polar surface area (TPSA) is 78.4 Å². The predicted octanol–water partition coefficient (Wildman–Crippen LogP) is 3.01. The Kier molecular flexibility index (Phi) is 7.42. The van der Waals surface area contributed by atoms with Crippen LogP contribution in [-0.2, 0) is 9.59 Å². The number of para-hydroxylation sites is 1. The van der Waals surface area contributed by atoms with Crippen LogP contribution in [0.25, 0.3) is 0 Å². The summed E-state index contributed by atoms with van der Waals surface area (Å²) >= 11 is 0. The fourth-order valence-corrected chi connectivity index (χ4v) is 2.44. The normalized spacial score (nSPS) is 13.7. The molecule has 1 aromatic rings. The molecule has 2 atom stereocenters. The van der Waals surface area contributed by atoms with Gasteiger partial charge in [0.25, 0.3) is 0 Å². The Bertz CT molecular complexity index is 556. The molecule has 0 aliphatic carbocycles. The zero-order chi connectivity index (χ0) is 18.4. The first-order valence-corrected chi connectivity index (χ1v) is 8.54. The van der Waals surface area contributed by atoms with E-state index < -0.39 is 11.8 Å². The molecular weight excluding hydrogens is 304 g/mol. The number of rotatable bonds is 6. The minimum Gasteiger partial charge on any atom is -0.396 e. The first kappa shape index (κ1) is 20.2. The summed E-state index contributed by atoms with van der Waals surface area (Å²) in [5.74, 6) is -1.01. The first-order valence-electron chi connectivity index (χ1n) is 8.54. The molecule has 0 aromatic heterocycles. The summed E-state index contributed by atoms with van der Waals surface area (Å²) in [5.41, 5.74) is 2.75. The van der Waals surface area contributed by atoms with Crippen molar-refractivity contribution >= 4 is 17.5 Å². The molecule has 2 amide bonds. The second-order valence-electron chi connectivity index (χ2n) is 7.00. The van der Waals surface area contributed by atoms with Crippen LogP contribution in [0.5, 0.6) is 0 Å². The van der Waals surface area contributed by atoms with Crippen LogP contribution in [0, 0.1) is 5.92 Å². The summed E-state index contributed by atoms with van der Waals surface area (Å²) in [4.78, 5) is 24.5. The molecule has 0 aliphatic heterocycles. The van der Waals surface area contributed by atoms with Crippen LogP contribution in [-0.4, -0.2) is 29.6 Å². The summed E-state index contributed by atoms with van der Waals surface area (Å²) < 4.78 is 0. The lowest BCUT2D eigenvalue weighted by Gasteiger charge is -2.21. The zero-order valence-electron chi connectivity index (χ0n) is 15.5. The molecular formula is C19H30N2O3. The van der Waals surface area contributed by atoms with Gasteiger partial charge in [0.1, 0.15) is 0 Å². The van der Waals surface area contributed by atoms with Crippen molar-refractivity contribution in [2.75, 3.05) is 11.9 Å². The molecule has 5 nitrogen and oxygen atoms in total. The second kappa shape index (κ2) is 8.83. The molecule has 0 heterocycles. The first-order chi connectivity index (χ1) is 11.2. The van der Waals surface area contributed by atoms with Crippen LogP contribution in [0.2, 0.25) is 0 Å². The van der Waals surface area contributed by atoms with Crippen molar-refractivity contribution in [2.45, 2.75) is 59.4 Å². The monoisotopic (exact) mass is 334 g/mol. The average Bonchev–Trinajstić information content (AvgIpc) is 2.53. The van der Waals surface area contributed by atoms with Gasteiger partial charge in [-0.1, -0.05) is 52.8 Å². The van der Waals surface area contributed by atoms with Crippen LogP contribution in [0.1, 0.15) is 64.5 Å². The van der Waals surface area contributed by atoms with Crippen molar-refractivity contribution in [3.63, 3.8) is 0 Å². The highest BCUT2D eigenvalue weighted by Crippen LogP contribution is 2.32. The highest BCUT2D eigenvalue weighted by Gasteiger charge is 2.22. The molecule has 0 saturated carbocycles. The third-order valence-corrected chi connectivity index (χ3v) is 4.32. The highest BCUT2D eigenvalue weighted by atomic mass is 16.3. The number of anilines is 1. The van der Waals surface area contributed by atoms with Crippen molar-refractivity contribution in [1.29, 1.82) is 0 Å². The SMILES string of the molecule is CC(C)c1cccc(C(C)C)c1NC(=O)C(=O)NC(C)C(C)CO. The summed E-state index contributed by atoms with van der Waals surface area (Å²) in [6.07, 6.45) is 0. The molecule has 1 aromatic carbocycles. The quantitative estimate of drug-likeness (QED) is 0.700. The molecule has 0 aliphatic rings. The Morgan fingerprint density at radius 3 is 1.88 bits per heavy atom. The van der Waals surface area contributed by atoms with Gasteiger partial charge in [-0.3, -0.25) is 9.59 Å². The molecule has 3 N–H and O–H groups in total. The number of nitrogens with one attached hydrogen (secondary N) is 2. The third-order valence-electron chi connectivity index (χ3n) is 4.32. The van der Waals surface area contributed by atoms with E-state index in [-0.39, 0.29) is 30.4 Å². The summed E-state index contributed by atoms with van der Waals surface area (Å²) in [6, 6.07) is 5.64. The largest absolute Gasteiger partial charge is 0.396 e. The van der Waals surface area contributed by atoms with E-state index in [9.17, 15) is 9.59 Å². The average molecular weight is 334 g/mol.